The Labute approximate surface area is 131 Å². The van der Waals surface area contributed by atoms with Gasteiger partial charge in [-0.3, -0.25) is 0 Å². The van der Waals surface area contributed by atoms with Crippen LogP contribution in [0, 0.1) is 19.7 Å². The number of hydrogen-bond acceptors (Lipinski definition) is 2. The molecule has 0 aliphatic heterocycles. The van der Waals surface area contributed by atoms with Crippen LogP contribution in [-0.2, 0) is 6.54 Å². The van der Waals surface area contributed by atoms with Gasteiger partial charge >= 0.3 is 0 Å². The number of nitrogens with one attached hydrogen (secondary N) is 1. The van der Waals surface area contributed by atoms with E-state index < -0.39 is 6.10 Å². The summed E-state index contributed by atoms with van der Waals surface area (Å²) >= 11 is 0. The molecule has 1 aromatic heterocycles. The summed E-state index contributed by atoms with van der Waals surface area (Å²) in [4.78, 5) is 0. The van der Waals surface area contributed by atoms with E-state index in [9.17, 15) is 9.50 Å². The standard InChI is InChI=1S/C18H25FN2O/c1-12-13(2)21(18-8-7-14(19)9-17(12)18)11-16(22)10-20-15-5-3-4-6-15/h7-9,15-16,20,22H,3-6,10-11H2,1-2H3/t16-/m0/s1. The molecule has 0 radical (unpaired) electrons. The van der Waals surface area contributed by atoms with E-state index in [-0.39, 0.29) is 5.82 Å². The third-order valence-corrected chi connectivity index (χ3v) is 4.99. The highest BCUT2D eigenvalue weighted by atomic mass is 19.1. The zero-order valence-electron chi connectivity index (χ0n) is 13.4. The maximum atomic E-state index is 13.4. The van der Waals surface area contributed by atoms with Gasteiger partial charge < -0.3 is 15.0 Å². The Balaban J connectivity index is 1.73. The number of nitrogens with zero attached hydrogens (tertiary/aromatic N) is 1. The molecule has 0 spiro atoms. The number of rotatable bonds is 5. The van der Waals surface area contributed by atoms with Crippen molar-refractivity contribution in [3.63, 3.8) is 0 Å². The second-order valence-electron chi connectivity index (χ2n) is 6.53. The van der Waals surface area contributed by atoms with Gasteiger partial charge in [-0.25, -0.2) is 4.39 Å². The number of fused-ring (bicyclic) bond motifs is 1. The molecule has 3 rings (SSSR count). The van der Waals surface area contributed by atoms with Crippen LogP contribution in [0.3, 0.4) is 0 Å². The van der Waals surface area contributed by atoms with Crippen LogP contribution in [-0.4, -0.2) is 28.4 Å². The third-order valence-electron chi connectivity index (χ3n) is 4.99. The van der Waals surface area contributed by atoms with Gasteiger partial charge in [0.2, 0.25) is 0 Å². The fourth-order valence-electron chi connectivity index (χ4n) is 3.57. The highest BCUT2D eigenvalue weighted by Crippen LogP contribution is 2.26. The maximum absolute atomic E-state index is 13.4. The number of aryl methyl sites for hydroxylation is 1. The van der Waals surface area contributed by atoms with Gasteiger partial charge in [0.25, 0.3) is 0 Å². The lowest BCUT2D eigenvalue weighted by atomic mass is 10.1. The smallest absolute Gasteiger partial charge is 0.123 e. The minimum Gasteiger partial charge on any atom is -0.390 e. The van der Waals surface area contributed by atoms with Crippen molar-refractivity contribution < 1.29 is 9.50 Å². The number of halogens is 1. The summed E-state index contributed by atoms with van der Waals surface area (Å²) in [5.41, 5.74) is 3.18. The summed E-state index contributed by atoms with van der Waals surface area (Å²) in [6, 6.07) is 5.44. The first-order chi connectivity index (χ1) is 10.6. The van der Waals surface area contributed by atoms with E-state index >= 15 is 0 Å². The van der Waals surface area contributed by atoms with E-state index in [0.717, 1.165) is 22.2 Å². The van der Waals surface area contributed by atoms with Crippen molar-refractivity contribution in [2.24, 2.45) is 0 Å². The lowest BCUT2D eigenvalue weighted by Gasteiger charge is -2.18. The molecule has 0 saturated heterocycles. The van der Waals surface area contributed by atoms with Crippen LogP contribution in [0.25, 0.3) is 10.9 Å². The van der Waals surface area contributed by atoms with E-state index in [1.165, 1.54) is 31.7 Å². The van der Waals surface area contributed by atoms with Gasteiger partial charge in [-0.05, 0) is 50.5 Å². The molecule has 22 heavy (non-hydrogen) atoms. The first kappa shape index (κ1) is 15.5. The molecule has 3 nitrogen and oxygen atoms in total. The first-order valence-electron chi connectivity index (χ1n) is 8.22. The molecule has 4 heteroatoms. The number of hydrogen-bond donors (Lipinski definition) is 2. The van der Waals surface area contributed by atoms with Crippen molar-refractivity contribution in [3.05, 3.63) is 35.3 Å². The normalized spacial score (nSPS) is 17.5. The van der Waals surface area contributed by atoms with Crippen molar-refractivity contribution in [1.82, 2.24) is 9.88 Å². The quantitative estimate of drug-likeness (QED) is 0.889. The average Bonchev–Trinajstić information content (AvgIpc) is 3.09. The molecule has 2 aromatic rings. The van der Waals surface area contributed by atoms with E-state index in [4.69, 9.17) is 0 Å². The van der Waals surface area contributed by atoms with Crippen molar-refractivity contribution in [3.8, 4) is 0 Å². The van der Waals surface area contributed by atoms with Crippen LogP contribution in [0.5, 0.6) is 0 Å². The molecule has 1 aromatic carbocycles. The Morgan fingerprint density at radius 2 is 2.05 bits per heavy atom. The summed E-state index contributed by atoms with van der Waals surface area (Å²) in [5, 5.41) is 14.8. The number of aliphatic hydroxyl groups excluding tert-OH is 1. The van der Waals surface area contributed by atoms with Crippen molar-refractivity contribution in [2.75, 3.05) is 6.54 Å². The Hall–Kier alpha value is -1.39. The van der Waals surface area contributed by atoms with Crippen molar-refractivity contribution in [1.29, 1.82) is 0 Å². The molecule has 1 aliphatic rings. The largest absolute Gasteiger partial charge is 0.390 e. The summed E-state index contributed by atoms with van der Waals surface area (Å²) in [6.45, 7) is 5.20. The van der Waals surface area contributed by atoms with Crippen LogP contribution in [0.15, 0.2) is 18.2 Å². The molecule has 2 N–H and O–H groups in total. The minimum atomic E-state index is -0.431. The Morgan fingerprint density at radius 3 is 2.77 bits per heavy atom. The van der Waals surface area contributed by atoms with E-state index in [2.05, 4.69) is 9.88 Å². The summed E-state index contributed by atoms with van der Waals surface area (Å²) < 4.78 is 15.5. The second-order valence-corrected chi connectivity index (χ2v) is 6.53. The highest BCUT2D eigenvalue weighted by Gasteiger charge is 2.18. The summed E-state index contributed by atoms with van der Waals surface area (Å²) in [6.07, 6.45) is 4.59. The summed E-state index contributed by atoms with van der Waals surface area (Å²) in [5.74, 6) is -0.212. The predicted molar refractivity (Wildman–Crippen MR) is 87.6 cm³/mol. The third kappa shape index (κ3) is 3.03. The molecule has 1 atom stereocenters. The van der Waals surface area contributed by atoms with Crippen molar-refractivity contribution in [2.45, 2.75) is 58.2 Å². The average molecular weight is 304 g/mol. The summed E-state index contributed by atoms with van der Waals surface area (Å²) in [7, 11) is 0. The fourth-order valence-corrected chi connectivity index (χ4v) is 3.57. The lowest BCUT2D eigenvalue weighted by Crippen LogP contribution is -2.36. The molecule has 0 bridgehead atoms. The minimum absolute atomic E-state index is 0.212. The Morgan fingerprint density at radius 1 is 1.32 bits per heavy atom. The van der Waals surface area contributed by atoms with Crippen LogP contribution < -0.4 is 5.32 Å². The number of aliphatic hydroxyl groups is 1. The van der Waals surface area contributed by atoms with Gasteiger partial charge in [0.05, 0.1) is 12.6 Å². The molecule has 0 amide bonds. The van der Waals surface area contributed by atoms with E-state index in [1.807, 2.05) is 19.9 Å². The van der Waals surface area contributed by atoms with E-state index in [0.29, 0.717) is 19.1 Å². The lowest BCUT2D eigenvalue weighted by molar-refractivity contribution is 0.148. The van der Waals surface area contributed by atoms with Crippen LogP contribution in [0.2, 0.25) is 0 Å². The molecule has 120 valence electrons. The highest BCUT2D eigenvalue weighted by molar-refractivity contribution is 5.85. The van der Waals surface area contributed by atoms with Crippen LogP contribution in [0.4, 0.5) is 4.39 Å². The van der Waals surface area contributed by atoms with Gasteiger partial charge in [0.15, 0.2) is 0 Å². The number of benzene rings is 1. The van der Waals surface area contributed by atoms with Crippen LogP contribution >= 0.6 is 0 Å². The monoisotopic (exact) mass is 304 g/mol. The topological polar surface area (TPSA) is 37.2 Å². The fraction of sp³-hybridized carbons (Fsp3) is 0.556. The van der Waals surface area contributed by atoms with Crippen LogP contribution in [0.1, 0.15) is 36.9 Å². The van der Waals surface area contributed by atoms with Crippen molar-refractivity contribution >= 4 is 10.9 Å². The van der Waals surface area contributed by atoms with Gasteiger partial charge in [-0.15, -0.1) is 0 Å². The van der Waals surface area contributed by atoms with E-state index in [1.54, 1.807) is 6.07 Å². The zero-order valence-corrected chi connectivity index (χ0v) is 13.4. The van der Waals surface area contributed by atoms with Gasteiger partial charge in [0.1, 0.15) is 5.82 Å². The van der Waals surface area contributed by atoms with Gasteiger partial charge in [-0.2, -0.15) is 0 Å². The molecule has 1 fully saturated rings. The molecule has 1 heterocycles. The Bertz CT molecular complexity index is 659. The molecular weight excluding hydrogens is 279 g/mol. The van der Waals surface area contributed by atoms with Gasteiger partial charge in [-0.1, -0.05) is 12.8 Å². The zero-order chi connectivity index (χ0) is 15.7. The van der Waals surface area contributed by atoms with Gasteiger partial charge in [0, 0.05) is 29.2 Å². The molecule has 0 unspecified atom stereocenters. The second kappa shape index (κ2) is 6.39. The predicted octanol–water partition coefficient (Wildman–Crippen LogP) is 3.29. The molecule has 1 aliphatic carbocycles. The Kier molecular flexibility index (Phi) is 4.50. The maximum Gasteiger partial charge on any atom is 0.123 e. The first-order valence-corrected chi connectivity index (χ1v) is 8.22. The molecule has 1 saturated carbocycles. The SMILES string of the molecule is Cc1c(C)n(C[C@@H](O)CNC2CCCC2)c2ccc(F)cc12. The number of aromatic nitrogens is 1. The molecular formula is C18H25FN2O.